The van der Waals surface area contributed by atoms with Crippen molar-refractivity contribution in [1.82, 2.24) is 20.1 Å². The number of carbonyl (C=O) groups is 1. The Bertz CT molecular complexity index is 695. The summed E-state index contributed by atoms with van der Waals surface area (Å²) in [7, 11) is 1.64. The van der Waals surface area contributed by atoms with Gasteiger partial charge in [-0.1, -0.05) is 17.8 Å². The Morgan fingerprint density at radius 2 is 2.08 bits per heavy atom. The highest BCUT2D eigenvalue weighted by Crippen LogP contribution is 2.28. The average molecular weight is 346 g/mol. The summed E-state index contributed by atoms with van der Waals surface area (Å²) in [6.07, 6.45) is 1.65. The van der Waals surface area contributed by atoms with Gasteiger partial charge in [-0.05, 0) is 38.1 Å². The molecule has 0 aliphatic carbocycles. The Labute approximate surface area is 146 Å². The third kappa shape index (κ3) is 4.38. The van der Waals surface area contributed by atoms with Crippen LogP contribution in [0.5, 0.6) is 5.75 Å². The van der Waals surface area contributed by atoms with E-state index in [-0.39, 0.29) is 11.9 Å². The fraction of sp³-hybridized carbons (Fsp3) is 0.353. The highest BCUT2D eigenvalue weighted by atomic mass is 32.2. The summed E-state index contributed by atoms with van der Waals surface area (Å²) in [6.45, 7) is 8.18. The number of hydrogen-bond acceptors (Lipinski definition) is 5. The lowest BCUT2D eigenvalue weighted by Gasteiger charge is -2.14. The van der Waals surface area contributed by atoms with Crippen LogP contribution in [0.1, 0.15) is 19.9 Å². The van der Waals surface area contributed by atoms with E-state index in [1.807, 2.05) is 28.8 Å². The fourth-order valence-corrected chi connectivity index (χ4v) is 3.04. The van der Waals surface area contributed by atoms with Gasteiger partial charge in [-0.25, -0.2) is 0 Å². The molecule has 0 aliphatic rings. The van der Waals surface area contributed by atoms with Crippen LogP contribution in [0.4, 0.5) is 0 Å². The molecule has 1 heterocycles. The lowest BCUT2D eigenvalue weighted by molar-refractivity contribution is -0.118. The number of rotatable bonds is 8. The van der Waals surface area contributed by atoms with Gasteiger partial charge in [0.15, 0.2) is 11.0 Å². The van der Waals surface area contributed by atoms with E-state index in [9.17, 15) is 4.79 Å². The van der Waals surface area contributed by atoms with Crippen molar-refractivity contribution in [1.29, 1.82) is 0 Å². The molecule has 24 heavy (non-hydrogen) atoms. The number of thioether (sulfide) groups is 1. The maximum atomic E-state index is 11.8. The minimum absolute atomic E-state index is 0.0517. The molecular weight excluding hydrogens is 324 g/mol. The van der Waals surface area contributed by atoms with Gasteiger partial charge >= 0.3 is 0 Å². The van der Waals surface area contributed by atoms with Crippen molar-refractivity contribution in [2.45, 2.75) is 25.0 Å². The Hall–Kier alpha value is -2.28. The third-order valence-corrected chi connectivity index (χ3v) is 4.25. The van der Waals surface area contributed by atoms with Crippen LogP contribution in [0.2, 0.25) is 0 Å². The molecule has 0 unspecified atom stereocenters. The normalized spacial score (nSPS) is 10.7. The summed E-state index contributed by atoms with van der Waals surface area (Å²) in [5, 5.41) is 12.0. The molecule has 0 bridgehead atoms. The van der Waals surface area contributed by atoms with Gasteiger partial charge in [0.1, 0.15) is 5.75 Å². The quantitative estimate of drug-likeness (QED) is 0.588. The van der Waals surface area contributed by atoms with Gasteiger partial charge in [0.25, 0.3) is 0 Å². The molecule has 128 valence electrons. The SMILES string of the molecule is C=CCNC(=O)CSc1nnc(-c2ccc(OC)cc2)n1C(C)C. The fourth-order valence-electron chi connectivity index (χ4n) is 2.14. The molecule has 0 spiro atoms. The van der Waals surface area contributed by atoms with Crippen LogP contribution in [0.25, 0.3) is 11.4 Å². The van der Waals surface area contributed by atoms with Gasteiger partial charge in [0.2, 0.25) is 5.91 Å². The van der Waals surface area contributed by atoms with E-state index in [1.165, 1.54) is 11.8 Å². The van der Waals surface area contributed by atoms with Crippen molar-refractivity contribution < 1.29 is 9.53 Å². The van der Waals surface area contributed by atoms with E-state index in [0.717, 1.165) is 22.3 Å². The molecule has 0 radical (unpaired) electrons. The van der Waals surface area contributed by atoms with Crippen LogP contribution in [-0.4, -0.2) is 40.1 Å². The van der Waals surface area contributed by atoms with Crippen molar-refractivity contribution >= 4 is 17.7 Å². The number of benzene rings is 1. The molecule has 2 aromatic rings. The first-order valence-electron chi connectivity index (χ1n) is 7.66. The lowest BCUT2D eigenvalue weighted by atomic mass is 10.2. The molecule has 0 saturated carbocycles. The molecule has 7 heteroatoms. The van der Waals surface area contributed by atoms with Crippen molar-refractivity contribution in [3.8, 4) is 17.1 Å². The molecule has 0 aliphatic heterocycles. The van der Waals surface area contributed by atoms with E-state index in [2.05, 4.69) is 35.9 Å². The van der Waals surface area contributed by atoms with Crippen LogP contribution in [0, 0.1) is 0 Å². The second-order valence-electron chi connectivity index (χ2n) is 5.38. The maximum Gasteiger partial charge on any atom is 0.230 e. The van der Waals surface area contributed by atoms with E-state index >= 15 is 0 Å². The first kappa shape index (κ1) is 18.1. The zero-order valence-corrected chi connectivity index (χ0v) is 15.0. The van der Waals surface area contributed by atoms with Gasteiger partial charge in [-0.3, -0.25) is 9.36 Å². The molecule has 1 aromatic heterocycles. The van der Waals surface area contributed by atoms with Crippen LogP contribution in [0.3, 0.4) is 0 Å². The lowest BCUT2D eigenvalue weighted by Crippen LogP contribution is -2.25. The van der Waals surface area contributed by atoms with E-state index in [0.29, 0.717) is 12.3 Å². The highest BCUT2D eigenvalue weighted by Gasteiger charge is 2.17. The molecule has 0 fully saturated rings. The van der Waals surface area contributed by atoms with Gasteiger partial charge in [0, 0.05) is 18.2 Å². The minimum Gasteiger partial charge on any atom is -0.497 e. The van der Waals surface area contributed by atoms with Crippen molar-refractivity contribution in [2.75, 3.05) is 19.4 Å². The molecule has 1 amide bonds. The van der Waals surface area contributed by atoms with Crippen LogP contribution in [0.15, 0.2) is 42.1 Å². The van der Waals surface area contributed by atoms with Gasteiger partial charge in [0.05, 0.1) is 12.9 Å². The van der Waals surface area contributed by atoms with Gasteiger partial charge < -0.3 is 10.1 Å². The third-order valence-electron chi connectivity index (χ3n) is 3.31. The van der Waals surface area contributed by atoms with Gasteiger partial charge in [-0.15, -0.1) is 16.8 Å². The Kier molecular flexibility index (Phi) is 6.43. The highest BCUT2D eigenvalue weighted by molar-refractivity contribution is 7.99. The zero-order chi connectivity index (χ0) is 17.5. The number of amides is 1. The summed E-state index contributed by atoms with van der Waals surface area (Å²) in [4.78, 5) is 11.8. The molecule has 6 nitrogen and oxygen atoms in total. The van der Waals surface area contributed by atoms with Gasteiger partial charge in [-0.2, -0.15) is 0 Å². The molecule has 1 N–H and O–H groups in total. The summed E-state index contributed by atoms with van der Waals surface area (Å²) >= 11 is 1.38. The Balaban J connectivity index is 2.20. The van der Waals surface area contributed by atoms with E-state index in [1.54, 1.807) is 13.2 Å². The van der Waals surface area contributed by atoms with Crippen molar-refractivity contribution in [2.24, 2.45) is 0 Å². The second kappa shape index (κ2) is 8.54. The number of aromatic nitrogens is 3. The van der Waals surface area contributed by atoms with Crippen molar-refractivity contribution in [3.63, 3.8) is 0 Å². The summed E-state index contributed by atoms with van der Waals surface area (Å²) in [5.74, 6) is 1.81. The summed E-state index contributed by atoms with van der Waals surface area (Å²) in [6, 6.07) is 7.87. The largest absolute Gasteiger partial charge is 0.497 e. The maximum absolute atomic E-state index is 11.8. The molecule has 0 atom stereocenters. The molecule has 0 saturated heterocycles. The standard InChI is InChI=1S/C17H22N4O2S/c1-5-10-18-15(22)11-24-17-20-19-16(21(17)12(2)3)13-6-8-14(23-4)9-7-13/h5-9,12H,1,10-11H2,2-4H3,(H,18,22). The van der Waals surface area contributed by atoms with Crippen LogP contribution in [-0.2, 0) is 4.79 Å². The van der Waals surface area contributed by atoms with E-state index < -0.39 is 0 Å². The molecule has 2 rings (SSSR count). The predicted octanol–water partition coefficient (Wildman–Crippen LogP) is 2.93. The number of nitrogens with one attached hydrogen (secondary N) is 1. The zero-order valence-electron chi connectivity index (χ0n) is 14.2. The topological polar surface area (TPSA) is 69.0 Å². The Morgan fingerprint density at radius 1 is 1.38 bits per heavy atom. The monoisotopic (exact) mass is 346 g/mol. The summed E-state index contributed by atoms with van der Waals surface area (Å²) < 4.78 is 7.22. The number of hydrogen-bond donors (Lipinski definition) is 1. The average Bonchev–Trinajstić information content (AvgIpc) is 3.02. The second-order valence-corrected chi connectivity index (χ2v) is 6.32. The number of methoxy groups -OCH3 is 1. The number of carbonyl (C=O) groups excluding carboxylic acids is 1. The minimum atomic E-state index is -0.0517. The Morgan fingerprint density at radius 3 is 2.67 bits per heavy atom. The molecular formula is C17H22N4O2S. The first-order valence-corrected chi connectivity index (χ1v) is 8.65. The van der Waals surface area contributed by atoms with E-state index in [4.69, 9.17) is 4.74 Å². The van der Waals surface area contributed by atoms with Crippen LogP contribution < -0.4 is 10.1 Å². The summed E-state index contributed by atoms with van der Waals surface area (Å²) in [5.41, 5.74) is 0.958. The number of ether oxygens (including phenoxy) is 1. The first-order chi connectivity index (χ1) is 11.6. The molecule has 1 aromatic carbocycles. The van der Waals surface area contributed by atoms with Crippen LogP contribution >= 0.6 is 11.8 Å². The predicted molar refractivity (Wildman–Crippen MR) is 96.3 cm³/mol. The van der Waals surface area contributed by atoms with Crippen molar-refractivity contribution in [3.05, 3.63) is 36.9 Å². The smallest absolute Gasteiger partial charge is 0.230 e. The number of nitrogens with zero attached hydrogens (tertiary/aromatic N) is 3.